The molecule has 2 fully saturated rings. The summed E-state index contributed by atoms with van der Waals surface area (Å²) in [6.07, 6.45) is 9.56. The van der Waals surface area contributed by atoms with Crippen molar-refractivity contribution in [2.45, 2.75) is 77.3 Å². The van der Waals surface area contributed by atoms with Crippen molar-refractivity contribution < 1.29 is 4.79 Å². The molecule has 2 aliphatic carbocycles. The highest BCUT2D eigenvalue weighted by atomic mass is 16.2. The van der Waals surface area contributed by atoms with Gasteiger partial charge in [-0.2, -0.15) is 0 Å². The monoisotopic (exact) mass is 280 g/mol. The van der Waals surface area contributed by atoms with Crippen LogP contribution in [0.5, 0.6) is 0 Å². The molecule has 116 valence electrons. The minimum absolute atomic E-state index is 0.148. The van der Waals surface area contributed by atoms with Gasteiger partial charge in [-0.15, -0.1) is 0 Å². The third-order valence-electron chi connectivity index (χ3n) is 5.72. The molecule has 0 saturated heterocycles. The van der Waals surface area contributed by atoms with Gasteiger partial charge in [0.05, 0.1) is 0 Å². The zero-order valence-electron chi connectivity index (χ0n) is 13.5. The molecule has 3 heteroatoms. The van der Waals surface area contributed by atoms with E-state index in [1.807, 2.05) is 7.05 Å². The van der Waals surface area contributed by atoms with Gasteiger partial charge in [0.2, 0.25) is 5.91 Å². The van der Waals surface area contributed by atoms with E-state index in [2.05, 4.69) is 18.7 Å². The molecule has 0 heterocycles. The number of carbonyl (C=O) groups excluding carboxylic acids is 1. The van der Waals surface area contributed by atoms with Crippen LogP contribution in [0.25, 0.3) is 0 Å². The summed E-state index contributed by atoms with van der Waals surface area (Å²) >= 11 is 0. The number of rotatable bonds is 2. The van der Waals surface area contributed by atoms with Crippen LogP contribution in [0.2, 0.25) is 0 Å². The molecular weight excluding hydrogens is 248 g/mol. The van der Waals surface area contributed by atoms with Crippen LogP contribution in [0, 0.1) is 17.8 Å². The molecule has 4 atom stereocenters. The van der Waals surface area contributed by atoms with Crippen LogP contribution >= 0.6 is 0 Å². The number of carbonyl (C=O) groups is 1. The van der Waals surface area contributed by atoms with Gasteiger partial charge in [0.15, 0.2) is 0 Å². The second-order valence-corrected chi connectivity index (χ2v) is 7.29. The van der Waals surface area contributed by atoms with E-state index in [1.54, 1.807) is 0 Å². The van der Waals surface area contributed by atoms with E-state index < -0.39 is 0 Å². The van der Waals surface area contributed by atoms with Gasteiger partial charge in [-0.25, -0.2) is 0 Å². The van der Waals surface area contributed by atoms with Crippen molar-refractivity contribution >= 4 is 5.91 Å². The third kappa shape index (κ3) is 3.55. The molecule has 4 unspecified atom stereocenters. The van der Waals surface area contributed by atoms with Crippen LogP contribution in [0.15, 0.2) is 0 Å². The SMILES string of the molecule is CC1CC(C)C(C(=O)N(C)C2CCCCCC2)CC1N. The molecule has 0 aromatic carbocycles. The van der Waals surface area contributed by atoms with Crippen molar-refractivity contribution in [3.05, 3.63) is 0 Å². The first-order chi connectivity index (χ1) is 9.50. The molecule has 3 nitrogen and oxygen atoms in total. The molecule has 2 aliphatic rings. The Labute approximate surface area is 124 Å². The first kappa shape index (κ1) is 15.8. The van der Waals surface area contributed by atoms with Crippen molar-refractivity contribution in [1.29, 1.82) is 0 Å². The lowest BCUT2D eigenvalue weighted by Gasteiger charge is -2.39. The van der Waals surface area contributed by atoms with E-state index in [9.17, 15) is 4.79 Å². The van der Waals surface area contributed by atoms with Crippen molar-refractivity contribution in [2.24, 2.45) is 23.5 Å². The van der Waals surface area contributed by atoms with Gasteiger partial charge in [-0.05, 0) is 37.5 Å². The maximum atomic E-state index is 12.8. The number of nitrogens with zero attached hydrogens (tertiary/aromatic N) is 1. The quantitative estimate of drug-likeness (QED) is 0.790. The minimum Gasteiger partial charge on any atom is -0.343 e. The fourth-order valence-corrected chi connectivity index (χ4v) is 4.11. The lowest BCUT2D eigenvalue weighted by atomic mass is 9.72. The van der Waals surface area contributed by atoms with Crippen LogP contribution in [0.1, 0.15) is 65.2 Å². The van der Waals surface area contributed by atoms with Crippen molar-refractivity contribution in [3.63, 3.8) is 0 Å². The van der Waals surface area contributed by atoms with Gasteiger partial charge < -0.3 is 10.6 Å². The van der Waals surface area contributed by atoms with Gasteiger partial charge in [-0.3, -0.25) is 4.79 Å². The van der Waals surface area contributed by atoms with E-state index in [1.165, 1.54) is 38.5 Å². The van der Waals surface area contributed by atoms with E-state index >= 15 is 0 Å². The molecule has 20 heavy (non-hydrogen) atoms. The maximum Gasteiger partial charge on any atom is 0.225 e. The highest BCUT2D eigenvalue weighted by Gasteiger charge is 2.37. The summed E-state index contributed by atoms with van der Waals surface area (Å²) in [7, 11) is 2.02. The first-order valence-corrected chi connectivity index (χ1v) is 8.53. The number of hydrogen-bond acceptors (Lipinski definition) is 2. The molecule has 1 amide bonds. The summed E-state index contributed by atoms with van der Waals surface area (Å²) in [6.45, 7) is 4.45. The van der Waals surface area contributed by atoms with Crippen LogP contribution in [0.4, 0.5) is 0 Å². The summed E-state index contributed by atoms with van der Waals surface area (Å²) in [6, 6.07) is 0.662. The fourth-order valence-electron chi connectivity index (χ4n) is 4.11. The summed E-state index contributed by atoms with van der Waals surface area (Å²) in [5.74, 6) is 1.53. The largest absolute Gasteiger partial charge is 0.343 e. The lowest BCUT2D eigenvalue weighted by molar-refractivity contribution is -0.140. The maximum absolute atomic E-state index is 12.8. The lowest BCUT2D eigenvalue weighted by Crippen LogP contribution is -2.48. The molecule has 0 spiro atoms. The molecule has 2 saturated carbocycles. The predicted molar refractivity (Wildman–Crippen MR) is 83.3 cm³/mol. The van der Waals surface area contributed by atoms with E-state index in [4.69, 9.17) is 5.73 Å². The Bertz CT molecular complexity index is 323. The first-order valence-electron chi connectivity index (χ1n) is 8.53. The van der Waals surface area contributed by atoms with Gasteiger partial charge in [0, 0.05) is 25.0 Å². The van der Waals surface area contributed by atoms with Gasteiger partial charge in [-0.1, -0.05) is 39.5 Å². The number of amides is 1. The van der Waals surface area contributed by atoms with Crippen LogP contribution in [0.3, 0.4) is 0 Å². The van der Waals surface area contributed by atoms with Crippen LogP contribution in [-0.4, -0.2) is 29.9 Å². The van der Waals surface area contributed by atoms with Crippen LogP contribution in [-0.2, 0) is 4.79 Å². The third-order valence-corrected chi connectivity index (χ3v) is 5.72. The predicted octanol–water partition coefficient (Wildman–Crippen LogP) is 3.18. The van der Waals surface area contributed by atoms with E-state index in [-0.39, 0.29) is 12.0 Å². The average molecular weight is 280 g/mol. The second kappa shape index (κ2) is 6.93. The molecule has 2 N–H and O–H groups in total. The standard InChI is InChI=1S/C17H32N2O/c1-12-10-13(2)16(18)11-15(12)17(20)19(3)14-8-6-4-5-7-9-14/h12-16H,4-11,18H2,1-3H3. The summed E-state index contributed by atoms with van der Waals surface area (Å²) in [4.78, 5) is 14.9. The molecule has 0 radical (unpaired) electrons. The molecule has 2 rings (SSSR count). The average Bonchev–Trinajstić information content (AvgIpc) is 2.70. The molecular formula is C17H32N2O. The Hall–Kier alpha value is -0.570. The van der Waals surface area contributed by atoms with Crippen molar-refractivity contribution in [1.82, 2.24) is 4.90 Å². The fraction of sp³-hybridized carbons (Fsp3) is 0.941. The Morgan fingerprint density at radius 1 is 1.00 bits per heavy atom. The number of hydrogen-bond donors (Lipinski definition) is 1. The van der Waals surface area contributed by atoms with Crippen LogP contribution < -0.4 is 5.73 Å². The van der Waals surface area contributed by atoms with Gasteiger partial charge in [0.1, 0.15) is 0 Å². The Kier molecular flexibility index (Phi) is 5.48. The zero-order chi connectivity index (χ0) is 14.7. The Morgan fingerprint density at radius 3 is 2.20 bits per heavy atom. The van der Waals surface area contributed by atoms with Crippen molar-refractivity contribution in [2.75, 3.05) is 7.05 Å². The van der Waals surface area contributed by atoms with Gasteiger partial charge >= 0.3 is 0 Å². The summed E-state index contributed by atoms with van der Waals surface area (Å²) in [5.41, 5.74) is 6.20. The number of nitrogens with two attached hydrogens (primary N) is 1. The minimum atomic E-state index is 0.148. The van der Waals surface area contributed by atoms with Gasteiger partial charge in [0.25, 0.3) is 0 Å². The molecule has 0 bridgehead atoms. The summed E-state index contributed by atoms with van der Waals surface area (Å²) < 4.78 is 0. The van der Waals surface area contributed by atoms with Crippen molar-refractivity contribution in [3.8, 4) is 0 Å². The Balaban J connectivity index is 1.98. The Morgan fingerprint density at radius 2 is 1.60 bits per heavy atom. The second-order valence-electron chi connectivity index (χ2n) is 7.29. The smallest absolute Gasteiger partial charge is 0.225 e. The van der Waals surface area contributed by atoms with E-state index in [0.29, 0.717) is 23.8 Å². The van der Waals surface area contributed by atoms with E-state index in [0.717, 1.165) is 12.8 Å². The molecule has 0 aromatic rings. The normalized spacial score (nSPS) is 36.4. The topological polar surface area (TPSA) is 46.3 Å². The molecule has 0 aliphatic heterocycles. The molecule has 0 aromatic heterocycles. The zero-order valence-corrected chi connectivity index (χ0v) is 13.5. The highest BCUT2D eigenvalue weighted by Crippen LogP contribution is 2.35. The summed E-state index contributed by atoms with van der Waals surface area (Å²) in [5, 5.41) is 0. The highest BCUT2D eigenvalue weighted by molar-refractivity contribution is 5.79.